The van der Waals surface area contributed by atoms with Crippen LogP contribution in [0.15, 0.2) is 106 Å². The molecule has 0 spiro atoms. The van der Waals surface area contributed by atoms with Crippen LogP contribution in [0.5, 0.6) is 17.2 Å². The first kappa shape index (κ1) is 39.2. The van der Waals surface area contributed by atoms with Crippen molar-refractivity contribution in [2.24, 2.45) is 5.41 Å². The number of aryl methyl sites for hydroxylation is 1. The fraction of sp³-hybridized carbons (Fsp3) is 0.304. The Morgan fingerprint density at radius 2 is 1.54 bits per heavy atom. The number of nitrogens with zero attached hydrogens (tertiary/aromatic N) is 2. The van der Waals surface area contributed by atoms with E-state index >= 15 is 0 Å². The van der Waals surface area contributed by atoms with Gasteiger partial charge in [-0.1, -0.05) is 42.5 Å². The molecule has 7 rings (SSSR count). The Kier molecular flexibility index (Phi) is 11.4. The van der Waals surface area contributed by atoms with Crippen LogP contribution in [0.2, 0.25) is 0 Å². The van der Waals surface area contributed by atoms with Gasteiger partial charge in [0, 0.05) is 30.7 Å². The maximum Gasteiger partial charge on any atom is 0.316 e. The van der Waals surface area contributed by atoms with Crippen molar-refractivity contribution >= 4 is 23.0 Å². The minimum absolute atomic E-state index is 0.0721. The molecule has 11 nitrogen and oxygen atoms in total. The fourth-order valence-corrected chi connectivity index (χ4v) is 7.07. The number of hydrogen-bond donors (Lipinski definition) is 1. The molecule has 11 heteroatoms. The van der Waals surface area contributed by atoms with E-state index < -0.39 is 11.5 Å². The van der Waals surface area contributed by atoms with Gasteiger partial charge in [0.15, 0.2) is 16.8 Å². The summed E-state index contributed by atoms with van der Waals surface area (Å²) in [6.07, 6.45) is -0.0222. The molecule has 1 N–H and O–H groups in total. The van der Waals surface area contributed by atoms with E-state index in [2.05, 4.69) is 11.1 Å². The molecule has 2 aliphatic heterocycles. The summed E-state index contributed by atoms with van der Waals surface area (Å²) in [4.78, 5) is 45.5. The Bertz CT molecular complexity index is 2420. The number of likely N-dealkylation sites (tertiary alicyclic amines) is 1. The van der Waals surface area contributed by atoms with E-state index in [4.69, 9.17) is 23.4 Å². The predicted octanol–water partition coefficient (Wildman–Crippen LogP) is 7.71. The summed E-state index contributed by atoms with van der Waals surface area (Å²) >= 11 is 0. The smallest absolute Gasteiger partial charge is 0.316 e. The molecule has 1 aliphatic carbocycles. The third-order valence-electron chi connectivity index (χ3n) is 10.2. The van der Waals surface area contributed by atoms with Gasteiger partial charge >= 0.3 is 5.97 Å². The number of aliphatic hydroxyl groups excluding tert-OH is 1. The third kappa shape index (κ3) is 8.85. The largest absolute Gasteiger partial charge is 0.497 e. The maximum atomic E-state index is 13.6. The zero-order chi connectivity index (χ0) is 40.3. The molecular weight excluding hydrogens is 725 g/mol. The molecule has 1 amide bonds. The van der Waals surface area contributed by atoms with Gasteiger partial charge in [-0.2, -0.15) is 0 Å². The second kappa shape index (κ2) is 16.6. The van der Waals surface area contributed by atoms with E-state index in [0.717, 1.165) is 39.3 Å². The zero-order valence-corrected chi connectivity index (χ0v) is 32.7. The number of rotatable bonds is 12. The van der Waals surface area contributed by atoms with Crippen LogP contribution < -0.4 is 19.6 Å². The minimum atomic E-state index is -0.678. The van der Waals surface area contributed by atoms with E-state index in [1.54, 1.807) is 64.2 Å². The highest BCUT2D eigenvalue weighted by Gasteiger charge is 2.34. The highest BCUT2D eigenvalue weighted by Crippen LogP contribution is 2.37. The Hall–Kier alpha value is -6.04. The average molecular weight is 771 g/mol. The number of carbonyl (C=O) groups excluding carboxylic acids is 2. The molecule has 57 heavy (non-hydrogen) atoms. The van der Waals surface area contributed by atoms with Crippen molar-refractivity contribution in [1.29, 1.82) is 0 Å². The van der Waals surface area contributed by atoms with Crippen LogP contribution in [0.3, 0.4) is 0 Å². The van der Waals surface area contributed by atoms with E-state index in [1.807, 2.05) is 60.7 Å². The molecule has 3 aliphatic rings. The second-order valence-corrected chi connectivity index (χ2v) is 15.3. The average Bonchev–Trinajstić information content (AvgIpc) is 3.58. The molecular formula is C46H46N2O9. The highest BCUT2D eigenvalue weighted by atomic mass is 16.5. The summed E-state index contributed by atoms with van der Waals surface area (Å²) in [7, 11) is 3.28. The molecule has 0 unspecified atom stereocenters. The molecule has 1 fully saturated rings. The van der Waals surface area contributed by atoms with Gasteiger partial charge in [0.05, 0.1) is 45.0 Å². The number of benzene rings is 5. The number of aromatic nitrogens is 1. The van der Waals surface area contributed by atoms with Crippen molar-refractivity contribution < 1.29 is 38.1 Å². The van der Waals surface area contributed by atoms with Gasteiger partial charge in [-0.3, -0.25) is 14.4 Å². The van der Waals surface area contributed by atoms with Gasteiger partial charge in [-0.25, -0.2) is 4.98 Å². The number of β-amino-alcohol motifs (C(OH)–C–C–N with tert-alkyl or cyclic N) is 1. The summed E-state index contributed by atoms with van der Waals surface area (Å²) in [6, 6.07) is 29.6. The topological polar surface area (TPSA) is 138 Å². The van der Waals surface area contributed by atoms with Crippen molar-refractivity contribution in [2.45, 2.75) is 58.8 Å². The van der Waals surface area contributed by atoms with Gasteiger partial charge in [-0.05, 0) is 104 Å². The number of methoxy groups -OCH3 is 2. The number of amides is 1. The number of ether oxygens (including phenoxy) is 4. The lowest BCUT2D eigenvalue weighted by Gasteiger charge is -2.25. The van der Waals surface area contributed by atoms with Gasteiger partial charge in [0.2, 0.25) is 5.91 Å². The molecule has 2 heterocycles. The Morgan fingerprint density at radius 3 is 2.23 bits per heavy atom. The number of aliphatic hydroxyl groups is 1. The number of carbonyl (C=O) groups is 2. The SMILES string of the molecule is COc1ccc(-c2cccc(COC[C@@H]3C[C@@H](O)CN3C(=O)CCc3cc4nc5ccc(OC(=O)C(C)(C)C)cc5oc-4cc3=O)c2-c2ccc(OC)cc2)cc1. The first-order valence-electron chi connectivity index (χ1n) is 19.0. The standard InChI is InChI=1S/C46H46N2O9/c1-46(2,3)45(52)56-36-18-19-38-41(23-36)57-42-24-40(50)30(21-39(42)47-38)13-20-43(51)48-25-33(49)22-32(48)27-55-26-31-7-6-8-37(28-9-14-34(53-4)15-10-28)44(31)29-11-16-35(54-5)17-12-29/h6-12,14-19,21,23-24,32-33,49H,13,20,22,25-27H2,1-5H3/t32-,33+/m0/s1. The van der Waals surface area contributed by atoms with E-state index in [1.165, 1.54) is 6.07 Å². The maximum absolute atomic E-state index is 13.6. The molecule has 0 bridgehead atoms. The quantitative estimate of drug-likeness (QED) is 0.0749. The van der Waals surface area contributed by atoms with Gasteiger partial charge in [-0.15, -0.1) is 0 Å². The van der Waals surface area contributed by atoms with Gasteiger partial charge < -0.3 is 33.4 Å². The minimum Gasteiger partial charge on any atom is -0.497 e. The molecule has 294 valence electrons. The summed E-state index contributed by atoms with van der Waals surface area (Å²) < 4.78 is 28.6. The molecule has 2 atom stereocenters. The van der Waals surface area contributed by atoms with Crippen LogP contribution in [-0.4, -0.2) is 66.4 Å². The molecule has 0 saturated carbocycles. The van der Waals surface area contributed by atoms with Crippen molar-refractivity contribution in [3.8, 4) is 51.0 Å². The summed E-state index contributed by atoms with van der Waals surface area (Å²) in [5.74, 6) is 1.57. The fourth-order valence-electron chi connectivity index (χ4n) is 7.07. The molecule has 1 saturated heterocycles. The van der Waals surface area contributed by atoms with Crippen LogP contribution in [0.4, 0.5) is 0 Å². The molecule has 4 aromatic rings. The van der Waals surface area contributed by atoms with E-state index in [0.29, 0.717) is 34.5 Å². The Morgan fingerprint density at radius 1 is 0.860 bits per heavy atom. The number of fused-ring (bicyclic) bond motifs is 2. The van der Waals surface area contributed by atoms with Crippen molar-refractivity contribution in [3.63, 3.8) is 0 Å². The molecule has 4 aromatic carbocycles. The Balaban J connectivity index is 1.03. The normalized spacial score (nSPS) is 15.6. The van der Waals surface area contributed by atoms with E-state index in [-0.39, 0.29) is 61.7 Å². The third-order valence-corrected chi connectivity index (χ3v) is 10.2. The monoisotopic (exact) mass is 770 g/mol. The summed E-state index contributed by atoms with van der Waals surface area (Å²) in [5, 5.41) is 10.6. The van der Waals surface area contributed by atoms with Crippen molar-refractivity contribution in [1.82, 2.24) is 9.88 Å². The van der Waals surface area contributed by atoms with Crippen LogP contribution in [0.25, 0.3) is 44.8 Å². The first-order valence-corrected chi connectivity index (χ1v) is 19.0. The van der Waals surface area contributed by atoms with Gasteiger partial charge in [0.1, 0.15) is 28.5 Å². The number of hydrogen-bond acceptors (Lipinski definition) is 10. The van der Waals surface area contributed by atoms with Crippen molar-refractivity contribution in [2.75, 3.05) is 27.4 Å². The van der Waals surface area contributed by atoms with Crippen LogP contribution in [0, 0.1) is 5.41 Å². The zero-order valence-electron chi connectivity index (χ0n) is 32.7. The van der Waals surface area contributed by atoms with Crippen LogP contribution >= 0.6 is 0 Å². The lowest BCUT2D eigenvalue weighted by molar-refractivity contribution is -0.143. The second-order valence-electron chi connectivity index (χ2n) is 15.3. The van der Waals surface area contributed by atoms with Crippen LogP contribution in [-0.2, 0) is 27.4 Å². The van der Waals surface area contributed by atoms with Crippen LogP contribution in [0.1, 0.15) is 44.7 Å². The molecule has 0 radical (unpaired) electrons. The summed E-state index contributed by atoms with van der Waals surface area (Å²) in [6.45, 7) is 6.02. The summed E-state index contributed by atoms with van der Waals surface area (Å²) in [5.41, 5.74) is 5.91. The van der Waals surface area contributed by atoms with E-state index in [9.17, 15) is 19.5 Å². The lowest BCUT2D eigenvalue weighted by atomic mass is 9.90. The van der Waals surface area contributed by atoms with Gasteiger partial charge in [0.25, 0.3) is 0 Å². The molecule has 0 aromatic heterocycles. The number of esters is 1. The lowest BCUT2D eigenvalue weighted by Crippen LogP contribution is -2.38. The first-order chi connectivity index (χ1) is 27.4. The highest BCUT2D eigenvalue weighted by molar-refractivity contribution is 5.86. The Labute approximate surface area is 331 Å². The van der Waals surface area contributed by atoms with Crippen molar-refractivity contribution in [3.05, 3.63) is 118 Å². The predicted molar refractivity (Wildman–Crippen MR) is 217 cm³/mol.